The molecule has 1 aliphatic rings. The van der Waals surface area contributed by atoms with Crippen molar-refractivity contribution in [2.75, 3.05) is 18.0 Å². The fourth-order valence-corrected chi connectivity index (χ4v) is 4.30. The van der Waals surface area contributed by atoms with Crippen LogP contribution in [-0.4, -0.2) is 29.5 Å². The topological polar surface area (TPSA) is 75.5 Å². The van der Waals surface area contributed by atoms with Gasteiger partial charge in [-0.1, -0.05) is 20.8 Å². The number of hydrogen-bond acceptors (Lipinski definition) is 4. The van der Waals surface area contributed by atoms with Crippen molar-refractivity contribution in [1.29, 1.82) is 0 Å². The lowest BCUT2D eigenvalue weighted by atomic mass is 9.81. The van der Waals surface area contributed by atoms with Gasteiger partial charge in [-0.2, -0.15) is 13.2 Å². The molecular weight excluding hydrogens is 399 g/mol. The molecule has 1 aromatic rings. The molecule has 0 unspecified atom stereocenters. The van der Waals surface area contributed by atoms with Crippen LogP contribution < -0.4 is 10.2 Å². The molecule has 9 heteroatoms. The highest BCUT2D eigenvalue weighted by Crippen LogP contribution is 2.38. The first-order chi connectivity index (χ1) is 13.6. The van der Waals surface area contributed by atoms with E-state index in [1.54, 1.807) is 4.90 Å². The molecule has 0 aliphatic carbocycles. The molecule has 0 atom stereocenters. The van der Waals surface area contributed by atoms with E-state index in [4.69, 9.17) is 0 Å². The first-order valence-corrected chi connectivity index (χ1v) is 10.0. The quantitative estimate of drug-likeness (QED) is 0.518. The van der Waals surface area contributed by atoms with E-state index in [9.17, 15) is 28.1 Å². The summed E-state index contributed by atoms with van der Waals surface area (Å²) in [5, 5.41) is 14.4. The van der Waals surface area contributed by atoms with Crippen molar-refractivity contribution in [2.45, 2.75) is 65.6 Å². The van der Waals surface area contributed by atoms with Gasteiger partial charge in [-0.15, -0.1) is 0 Å². The molecule has 6 nitrogen and oxygen atoms in total. The highest BCUT2D eigenvalue weighted by Gasteiger charge is 2.35. The van der Waals surface area contributed by atoms with Gasteiger partial charge in [0.1, 0.15) is 5.69 Å². The van der Waals surface area contributed by atoms with E-state index in [1.807, 2.05) is 13.8 Å². The van der Waals surface area contributed by atoms with Crippen molar-refractivity contribution in [3.63, 3.8) is 0 Å². The summed E-state index contributed by atoms with van der Waals surface area (Å²) in [6.07, 6.45) is -2.87. The Morgan fingerprint density at radius 2 is 1.73 bits per heavy atom. The predicted octanol–water partition coefficient (Wildman–Crippen LogP) is 5.16. The molecule has 0 aromatic heterocycles. The maximum Gasteiger partial charge on any atom is 0.416 e. The zero-order valence-corrected chi connectivity index (χ0v) is 18.1. The molecule has 1 N–H and O–H groups in total. The number of carbonyl (C=O) groups excluding carboxylic acids is 1. The normalized spacial score (nSPS) is 16.5. The van der Waals surface area contributed by atoms with E-state index in [0.29, 0.717) is 32.0 Å². The third-order valence-corrected chi connectivity index (χ3v) is 5.14. The third kappa shape index (κ3) is 6.34. The molecule has 30 heavy (non-hydrogen) atoms. The van der Waals surface area contributed by atoms with Crippen LogP contribution in [0.3, 0.4) is 0 Å². The van der Waals surface area contributed by atoms with Crippen LogP contribution in [0.4, 0.5) is 24.5 Å². The van der Waals surface area contributed by atoms with E-state index in [-0.39, 0.29) is 28.5 Å². The van der Waals surface area contributed by atoms with Crippen LogP contribution in [-0.2, 0) is 11.0 Å². The van der Waals surface area contributed by atoms with Gasteiger partial charge in [0.2, 0.25) is 5.91 Å². The molecule has 0 bridgehead atoms. The molecule has 0 radical (unpaired) electrons. The summed E-state index contributed by atoms with van der Waals surface area (Å²) >= 11 is 0. The van der Waals surface area contributed by atoms with Gasteiger partial charge in [0.15, 0.2) is 0 Å². The maximum atomic E-state index is 12.9. The summed E-state index contributed by atoms with van der Waals surface area (Å²) in [6, 6.07) is 2.58. The Balaban J connectivity index is 2.07. The molecule has 0 spiro atoms. The van der Waals surface area contributed by atoms with Crippen molar-refractivity contribution in [3.8, 4) is 0 Å². The number of amides is 1. The fraction of sp³-hybridized carbons (Fsp3) is 0.667. The van der Waals surface area contributed by atoms with E-state index in [0.717, 1.165) is 18.6 Å². The fourth-order valence-electron chi connectivity index (χ4n) is 4.30. The number of benzene rings is 1. The van der Waals surface area contributed by atoms with Crippen LogP contribution in [0.25, 0.3) is 0 Å². The number of piperidine rings is 1. The Morgan fingerprint density at radius 1 is 1.17 bits per heavy atom. The van der Waals surface area contributed by atoms with Crippen LogP contribution in [0.15, 0.2) is 18.2 Å². The molecule has 168 valence electrons. The molecule has 1 saturated heterocycles. The van der Waals surface area contributed by atoms with Crippen molar-refractivity contribution in [3.05, 3.63) is 33.9 Å². The maximum absolute atomic E-state index is 12.9. The van der Waals surface area contributed by atoms with Gasteiger partial charge >= 0.3 is 6.18 Å². The van der Waals surface area contributed by atoms with Gasteiger partial charge in [0, 0.05) is 30.6 Å². The van der Waals surface area contributed by atoms with Crippen LogP contribution in [0, 0.1) is 21.4 Å². The Bertz CT molecular complexity index is 793. The minimum Gasteiger partial charge on any atom is -0.366 e. The van der Waals surface area contributed by atoms with E-state index in [2.05, 4.69) is 26.1 Å². The molecule has 0 saturated carbocycles. The van der Waals surface area contributed by atoms with Gasteiger partial charge in [-0.25, -0.2) is 0 Å². The summed E-state index contributed by atoms with van der Waals surface area (Å²) in [7, 11) is 0. The highest BCUT2D eigenvalue weighted by atomic mass is 19.4. The minimum absolute atomic E-state index is 0.0502. The molecule has 2 rings (SSSR count). The number of nitro benzene ring substituents is 1. The average Bonchev–Trinajstić information content (AvgIpc) is 2.58. The molecule has 1 aromatic carbocycles. The number of nitrogens with zero attached hydrogens (tertiary/aromatic N) is 2. The second-order valence-electron chi connectivity index (χ2n) is 9.83. The molecule has 1 heterocycles. The van der Waals surface area contributed by atoms with E-state index >= 15 is 0 Å². The number of halogens is 3. The third-order valence-electron chi connectivity index (χ3n) is 5.14. The lowest BCUT2D eigenvalue weighted by molar-refractivity contribution is -0.384. The van der Waals surface area contributed by atoms with Gasteiger partial charge in [-0.05, 0) is 50.7 Å². The smallest absolute Gasteiger partial charge is 0.366 e. The Hall–Kier alpha value is -2.32. The molecule has 1 amide bonds. The molecule has 1 aliphatic heterocycles. The lowest BCUT2D eigenvalue weighted by Gasteiger charge is -2.37. The lowest BCUT2D eigenvalue weighted by Crippen LogP contribution is -2.50. The summed E-state index contributed by atoms with van der Waals surface area (Å²) in [4.78, 5) is 24.9. The zero-order valence-electron chi connectivity index (χ0n) is 18.1. The molecular formula is C21H30F3N3O3. The SMILES string of the molecule is CC(C)(C)CC(C)(C)NC(=O)C1CCN(c2ccc(C(F)(F)F)cc2[N+](=O)[O-])CC1. The van der Waals surface area contributed by atoms with Crippen LogP contribution in [0.2, 0.25) is 0 Å². The van der Waals surface area contributed by atoms with Crippen molar-refractivity contribution >= 4 is 17.3 Å². The van der Waals surface area contributed by atoms with Gasteiger partial charge in [-0.3, -0.25) is 14.9 Å². The van der Waals surface area contributed by atoms with Gasteiger partial charge in [0.25, 0.3) is 5.69 Å². The van der Waals surface area contributed by atoms with Gasteiger partial charge in [0.05, 0.1) is 10.5 Å². The van der Waals surface area contributed by atoms with E-state index in [1.165, 1.54) is 0 Å². The first-order valence-electron chi connectivity index (χ1n) is 10.0. The average molecular weight is 429 g/mol. The highest BCUT2D eigenvalue weighted by molar-refractivity contribution is 5.80. The largest absolute Gasteiger partial charge is 0.416 e. The van der Waals surface area contributed by atoms with E-state index < -0.39 is 22.4 Å². The number of nitro groups is 1. The second-order valence-corrected chi connectivity index (χ2v) is 9.83. The summed E-state index contributed by atoms with van der Waals surface area (Å²) in [5.74, 6) is -0.278. The van der Waals surface area contributed by atoms with Crippen molar-refractivity contribution < 1.29 is 22.9 Å². The standard InChI is InChI=1S/C21H30F3N3O3/c1-19(2,3)13-20(4,5)25-18(28)14-8-10-26(11-9-14)16-7-6-15(21(22,23)24)12-17(16)27(29)30/h6-7,12,14H,8-11,13H2,1-5H3,(H,25,28). The number of nitrogens with one attached hydrogen (secondary N) is 1. The zero-order chi connectivity index (χ0) is 22.9. The second kappa shape index (κ2) is 8.43. The van der Waals surface area contributed by atoms with Crippen molar-refractivity contribution in [2.24, 2.45) is 11.3 Å². The minimum atomic E-state index is -4.64. The Morgan fingerprint density at radius 3 is 2.20 bits per heavy atom. The number of alkyl halides is 3. The number of anilines is 1. The summed E-state index contributed by atoms with van der Waals surface area (Å²) in [5.41, 5.74) is -1.77. The number of rotatable bonds is 5. The molecule has 1 fully saturated rings. The van der Waals surface area contributed by atoms with Crippen LogP contribution in [0.1, 0.15) is 59.4 Å². The predicted molar refractivity (Wildman–Crippen MR) is 109 cm³/mol. The van der Waals surface area contributed by atoms with Crippen LogP contribution in [0.5, 0.6) is 0 Å². The Labute approximate surface area is 175 Å². The Kier molecular flexibility index (Phi) is 6.73. The van der Waals surface area contributed by atoms with Crippen molar-refractivity contribution in [1.82, 2.24) is 5.32 Å². The van der Waals surface area contributed by atoms with Crippen LogP contribution >= 0.6 is 0 Å². The first kappa shape index (κ1) is 24.0. The summed E-state index contributed by atoms with van der Waals surface area (Å²) in [6.45, 7) is 11.0. The summed E-state index contributed by atoms with van der Waals surface area (Å²) < 4.78 is 38.7. The number of carbonyl (C=O) groups is 1. The monoisotopic (exact) mass is 429 g/mol. The number of hydrogen-bond donors (Lipinski definition) is 1. The van der Waals surface area contributed by atoms with Gasteiger partial charge < -0.3 is 10.2 Å².